The first-order valence-electron chi connectivity index (χ1n) is 8.46. The third-order valence-corrected chi connectivity index (χ3v) is 4.62. The largest absolute Gasteiger partial charge is 0.326 e. The van der Waals surface area contributed by atoms with Crippen LogP contribution in [0.4, 0.5) is 11.5 Å². The molecule has 2 N–H and O–H groups in total. The molecule has 0 aliphatic heterocycles. The quantitative estimate of drug-likeness (QED) is 0.611. The van der Waals surface area contributed by atoms with Crippen molar-refractivity contribution in [3.05, 3.63) is 84.6 Å². The molecule has 2 aromatic carbocycles. The number of hydrogen-bond donors (Lipinski definition) is 2. The molecule has 1 heterocycles. The van der Waals surface area contributed by atoms with E-state index in [9.17, 15) is 9.59 Å². The average Bonchev–Trinajstić information content (AvgIpc) is 2.68. The first kappa shape index (κ1) is 18.7. The summed E-state index contributed by atoms with van der Waals surface area (Å²) in [6.07, 6.45) is 1.95. The molecule has 1 aromatic heterocycles. The van der Waals surface area contributed by atoms with E-state index in [-0.39, 0.29) is 17.6 Å². The Bertz CT molecular complexity index is 902. The topological polar surface area (TPSA) is 71.1 Å². The first-order chi connectivity index (χ1) is 13.2. The maximum absolute atomic E-state index is 12.2. The van der Waals surface area contributed by atoms with E-state index in [4.69, 9.17) is 0 Å². The highest BCUT2D eigenvalue weighted by Gasteiger charge is 2.07. The van der Waals surface area contributed by atoms with Gasteiger partial charge in [0.05, 0.1) is 12.2 Å². The van der Waals surface area contributed by atoms with Crippen LogP contribution >= 0.6 is 11.8 Å². The van der Waals surface area contributed by atoms with Crippen LogP contribution in [0, 0.1) is 0 Å². The van der Waals surface area contributed by atoms with Crippen molar-refractivity contribution in [1.29, 1.82) is 0 Å². The maximum atomic E-state index is 12.2. The van der Waals surface area contributed by atoms with Gasteiger partial charge in [-0.1, -0.05) is 42.5 Å². The molecule has 0 unspecified atom stereocenters. The molecule has 136 valence electrons. The van der Waals surface area contributed by atoms with E-state index in [1.54, 1.807) is 18.3 Å². The number of anilines is 2. The van der Waals surface area contributed by atoms with Gasteiger partial charge in [-0.15, -0.1) is 11.8 Å². The maximum Gasteiger partial charge on any atom is 0.235 e. The minimum atomic E-state index is -0.128. The van der Waals surface area contributed by atoms with Crippen molar-refractivity contribution in [1.82, 2.24) is 4.98 Å². The van der Waals surface area contributed by atoms with Crippen molar-refractivity contribution in [2.24, 2.45) is 0 Å². The van der Waals surface area contributed by atoms with Crippen LogP contribution in [0.3, 0.4) is 0 Å². The zero-order valence-corrected chi connectivity index (χ0v) is 15.4. The monoisotopic (exact) mass is 377 g/mol. The van der Waals surface area contributed by atoms with Gasteiger partial charge in [-0.3, -0.25) is 9.59 Å². The molecule has 0 aliphatic rings. The molecule has 0 saturated carbocycles. The van der Waals surface area contributed by atoms with E-state index in [0.717, 1.165) is 10.5 Å². The Kier molecular flexibility index (Phi) is 6.60. The highest BCUT2D eigenvalue weighted by atomic mass is 32.2. The van der Waals surface area contributed by atoms with Gasteiger partial charge >= 0.3 is 0 Å². The average molecular weight is 377 g/mol. The van der Waals surface area contributed by atoms with Crippen molar-refractivity contribution in [3.8, 4) is 0 Å². The minimum Gasteiger partial charge on any atom is -0.326 e. The number of nitrogens with one attached hydrogen (secondary N) is 2. The van der Waals surface area contributed by atoms with E-state index < -0.39 is 0 Å². The molecule has 3 aromatic rings. The summed E-state index contributed by atoms with van der Waals surface area (Å²) < 4.78 is 0. The number of carbonyl (C=O) groups excluding carboxylic acids is 2. The number of carbonyl (C=O) groups is 2. The molecular weight excluding hydrogens is 358 g/mol. The molecular formula is C21H19N3O2S. The molecule has 27 heavy (non-hydrogen) atoms. The molecule has 0 bridgehead atoms. The molecule has 0 atom stereocenters. The number of pyridine rings is 1. The normalized spacial score (nSPS) is 10.2. The van der Waals surface area contributed by atoms with Gasteiger partial charge in [0.15, 0.2) is 0 Å². The predicted molar refractivity (Wildman–Crippen MR) is 109 cm³/mol. The van der Waals surface area contributed by atoms with Gasteiger partial charge in [0.2, 0.25) is 11.8 Å². The third-order valence-electron chi connectivity index (χ3n) is 3.63. The number of hydrogen-bond acceptors (Lipinski definition) is 4. The highest BCUT2D eigenvalue weighted by molar-refractivity contribution is 8.00. The molecule has 5 nitrogen and oxygen atoms in total. The molecule has 6 heteroatoms. The Morgan fingerprint density at radius 2 is 1.67 bits per heavy atom. The van der Waals surface area contributed by atoms with Gasteiger partial charge < -0.3 is 10.6 Å². The summed E-state index contributed by atoms with van der Waals surface area (Å²) in [4.78, 5) is 29.2. The number of benzene rings is 2. The van der Waals surface area contributed by atoms with Gasteiger partial charge in [-0.25, -0.2) is 4.98 Å². The lowest BCUT2D eigenvalue weighted by atomic mass is 10.1. The van der Waals surface area contributed by atoms with Crippen molar-refractivity contribution < 1.29 is 9.59 Å². The summed E-state index contributed by atoms with van der Waals surface area (Å²) in [7, 11) is 0. The number of thioether (sulfide) groups is 1. The summed E-state index contributed by atoms with van der Waals surface area (Å²) in [5.41, 5.74) is 1.68. The Morgan fingerprint density at radius 1 is 0.852 bits per heavy atom. The molecule has 2 amide bonds. The number of rotatable bonds is 7. The zero-order valence-electron chi connectivity index (χ0n) is 14.6. The molecule has 0 radical (unpaired) electrons. The van der Waals surface area contributed by atoms with Gasteiger partial charge in [0.25, 0.3) is 0 Å². The van der Waals surface area contributed by atoms with E-state index >= 15 is 0 Å². The van der Waals surface area contributed by atoms with Crippen LogP contribution in [-0.4, -0.2) is 22.6 Å². The van der Waals surface area contributed by atoms with Crippen molar-refractivity contribution >= 4 is 35.1 Å². The fourth-order valence-corrected chi connectivity index (χ4v) is 3.17. The Labute approximate surface area is 162 Å². The van der Waals surface area contributed by atoms with Crippen LogP contribution in [0.25, 0.3) is 0 Å². The second kappa shape index (κ2) is 9.54. The van der Waals surface area contributed by atoms with Crippen LogP contribution in [0.1, 0.15) is 5.56 Å². The summed E-state index contributed by atoms with van der Waals surface area (Å²) in [5, 5.41) is 5.64. The molecule has 0 fully saturated rings. The lowest BCUT2D eigenvalue weighted by molar-refractivity contribution is -0.115. The third kappa shape index (κ3) is 6.27. The number of aromatic nitrogens is 1. The van der Waals surface area contributed by atoms with Crippen LogP contribution in [0.5, 0.6) is 0 Å². The van der Waals surface area contributed by atoms with Crippen LogP contribution < -0.4 is 10.6 Å². The van der Waals surface area contributed by atoms with Gasteiger partial charge in [0, 0.05) is 16.8 Å². The lowest BCUT2D eigenvalue weighted by Gasteiger charge is -2.08. The van der Waals surface area contributed by atoms with Gasteiger partial charge in [-0.05, 0) is 35.9 Å². The summed E-state index contributed by atoms with van der Waals surface area (Å²) >= 11 is 1.40. The Hall–Kier alpha value is -3.12. The van der Waals surface area contributed by atoms with E-state index in [1.165, 1.54) is 11.8 Å². The van der Waals surface area contributed by atoms with E-state index in [0.29, 0.717) is 17.9 Å². The van der Waals surface area contributed by atoms with Crippen molar-refractivity contribution in [2.45, 2.75) is 11.3 Å². The van der Waals surface area contributed by atoms with Gasteiger partial charge in [-0.2, -0.15) is 0 Å². The zero-order chi connectivity index (χ0) is 18.9. The van der Waals surface area contributed by atoms with Crippen LogP contribution in [0.2, 0.25) is 0 Å². The van der Waals surface area contributed by atoms with E-state index in [2.05, 4.69) is 15.6 Å². The Balaban J connectivity index is 1.51. The smallest absolute Gasteiger partial charge is 0.235 e. The van der Waals surface area contributed by atoms with Crippen LogP contribution in [0.15, 0.2) is 83.9 Å². The second-order valence-electron chi connectivity index (χ2n) is 5.79. The summed E-state index contributed by atoms with van der Waals surface area (Å²) in [6, 6.07) is 22.4. The SMILES string of the molecule is O=C(Cc1ccccc1)Nc1cccc(SCC(=O)Nc2ccccn2)c1. The molecule has 0 spiro atoms. The van der Waals surface area contributed by atoms with Gasteiger partial charge in [0.1, 0.15) is 5.82 Å². The lowest BCUT2D eigenvalue weighted by Crippen LogP contribution is -2.15. The molecule has 3 rings (SSSR count). The minimum absolute atomic E-state index is 0.0729. The number of amides is 2. The second-order valence-corrected chi connectivity index (χ2v) is 6.84. The number of nitrogens with zero attached hydrogens (tertiary/aromatic N) is 1. The summed E-state index contributed by atoms with van der Waals surface area (Å²) in [6.45, 7) is 0. The summed E-state index contributed by atoms with van der Waals surface area (Å²) in [5.74, 6) is 0.594. The van der Waals surface area contributed by atoms with Crippen molar-refractivity contribution in [3.63, 3.8) is 0 Å². The molecule has 0 aliphatic carbocycles. The van der Waals surface area contributed by atoms with Crippen molar-refractivity contribution in [2.75, 3.05) is 16.4 Å². The fourth-order valence-electron chi connectivity index (χ4n) is 2.41. The fraction of sp³-hybridized carbons (Fsp3) is 0.0952. The van der Waals surface area contributed by atoms with E-state index in [1.807, 2.05) is 60.7 Å². The Morgan fingerprint density at radius 3 is 2.44 bits per heavy atom. The predicted octanol–water partition coefficient (Wildman–Crippen LogP) is 3.99. The van der Waals surface area contributed by atoms with Crippen LogP contribution in [-0.2, 0) is 16.0 Å². The first-order valence-corrected chi connectivity index (χ1v) is 9.45. The molecule has 0 saturated heterocycles. The standard InChI is InChI=1S/C21H19N3O2S/c25-20(13-16-7-2-1-3-8-16)23-17-9-6-10-18(14-17)27-15-21(26)24-19-11-4-5-12-22-19/h1-12,14H,13,15H2,(H,23,25)(H,22,24,26). The highest BCUT2D eigenvalue weighted by Crippen LogP contribution is 2.22.